The van der Waals surface area contributed by atoms with Gasteiger partial charge in [0.2, 0.25) is 0 Å². The lowest BCUT2D eigenvalue weighted by atomic mass is 10.1. The number of carbonyl (C=O) groups is 1. The van der Waals surface area contributed by atoms with Gasteiger partial charge < -0.3 is 15.2 Å². The maximum Gasteiger partial charge on any atom is 0.407 e. The zero-order chi connectivity index (χ0) is 17.5. The number of aliphatic hydroxyl groups excluding tert-OH is 1. The van der Waals surface area contributed by atoms with E-state index in [1.54, 1.807) is 11.3 Å². The van der Waals surface area contributed by atoms with E-state index in [2.05, 4.69) is 10.3 Å². The van der Waals surface area contributed by atoms with Crippen LogP contribution in [0, 0.1) is 6.92 Å². The Hall–Kier alpha value is -1.92. The van der Waals surface area contributed by atoms with Crippen LogP contribution in [0.2, 0.25) is 0 Å². The van der Waals surface area contributed by atoms with Gasteiger partial charge in [0.05, 0.1) is 16.1 Å². The largest absolute Gasteiger partial charge is 0.444 e. The van der Waals surface area contributed by atoms with Gasteiger partial charge in [-0.15, -0.1) is 11.3 Å². The molecule has 5 nitrogen and oxygen atoms in total. The average Bonchev–Trinajstić information content (AvgIpc) is 2.92. The number of amides is 1. The van der Waals surface area contributed by atoms with Gasteiger partial charge in [-0.05, 0) is 38.8 Å². The topological polar surface area (TPSA) is 71.5 Å². The Morgan fingerprint density at radius 2 is 1.87 bits per heavy atom. The standard InChI is InChI=1S/C16H20N2O2S.CH4O/c1-11-14(21-10-18-11)13-7-5-12(6-8-13)9-17-15(19)20-16(2,3)4;1-2/h5-8,10H,9H2,1-4H3,(H,17,19);2H,1H3. The van der Waals surface area contributed by atoms with Gasteiger partial charge in [0, 0.05) is 13.7 Å². The molecule has 0 unspecified atom stereocenters. The second-order valence-corrected chi connectivity index (χ2v) is 6.67. The number of benzene rings is 1. The molecule has 1 aromatic heterocycles. The highest BCUT2D eigenvalue weighted by Crippen LogP contribution is 2.27. The quantitative estimate of drug-likeness (QED) is 0.895. The lowest BCUT2D eigenvalue weighted by Crippen LogP contribution is -2.32. The summed E-state index contributed by atoms with van der Waals surface area (Å²) in [5, 5.41) is 9.75. The van der Waals surface area contributed by atoms with E-state index >= 15 is 0 Å². The Morgan fingerprint density at radius 1 is 1.26 bits per heavy atom. The number of thiazole rings is 1. The van der Waals surface area contributed by atoms with Crippen molar-refractivity contribution in [3.8, 4) is 10.4 Å². The molecule has 0 aliphatic heterocycles. The highest BCUT2D eigenvalue weighted by Gasteiger charge is 2.15. The van der Waals surface area contributed by atoms with Gasteiger partial charge in [-0.2, -0.15) is 0 Å². The summed E-state index contributed by atoms with van der Waals surface area (Å²) in [5.74, 6) is 0. The number of nitrogens with one attached hydrogen (secondary N) is 1. The van der Waals surface area contributed by atoms with Gasteiger partial charge in [0.15, 0.2) is 0 Å². The minimum Gasteiger partial charge on any atom is -0.444 e. The van der Waals surface area contributed by atoms with Crippen molar-refractivity contribution in [2.75, 3.05) is 7.11 Å². The second kappa shape index (κ2) is 8.64. The van der Waals surface area contributed by atoms with Gasteiger partial charge >= 0.3 is 6.09 Å². The first-order valence-electron chi connectivity index (χ1n) is 7.26. The third kappa shape index (κ3) is 6.38. The van der Waals surface area contributed by atoms with Crippen molar-refractivity contribution in [1.29, 1.82) is 0 Å². The highest BCUT2D eigenvalue weighted by atomic mass is 32.1. The maximum absolute atomic E-state index is 11.6. The van der Waals surface area contributed by atoms with E-state index in [0.29, 0.717) is 6.54 Å². The van der Waals surface area contributed by atoms with Crippen LogP contribution in [-0.4, -0.2) is 28.9 Å². The smallest absolute Gasteiger partial charge is 0.407 e. The average molecular weight is 336 g/mol. The number of nitrogens with zero attached hydrogens (tertiary/aromatic N) is 1. The first-order valence-corrected chi connectivity index (χ1v) is 8.14. The van der Waals surface area contributed by atoms with Crippen LogP contribution in [0.1, 0.15) is 32.0 Å². The first-order chi connectivity index (χ1) is 10.8. The van der Waals surface area contributed by atoms with Crippen LogP contribution >= 0.6 is 11.3 Å². The minimum atomic E-state index is -0.475. The zero-order valence-corrected chi connectivity index (χ0v) is 15.0. The molecule has 0 spiro atoms. The van der Waals surface area contributed by atoms with Crippen LogP contribution in [0.25, 0.3) is 10.4 Å². The van der Waals surface area contributed by atoms with Gasteiger partial charge in [0.1, 0.15) is 5.60 Å². The molecule has 1 amide bonds. The summed E-state index contributed by atoms with van der Waals surface area (Å²) in [4.78, 5) is 17.0. The fourth-order valence-corrected chi connectivity index (χ4v) is 2.65. The molecular formula is C17H24N2O3S. The van der Waals surface area contributed by atoms with Crippen molar-refractivity contribution >= 4 is 17.4 Å². The number of carbonyl (C=O) groups excluding carboxylic acids is 1. The number of hydrogen-bond acceptors (Lipinski definition) is 5. The molecule has 0 fully saturated rings. The molecular weight excluding hydrogens is 312 g/mol. The third-order valence-corrected chi connectivity index (χ3v) is 3.78. The molecule has 0 atom stereocenters. The van der Waals surface area contributed by atoms with Crippen molar-refractivity contribution in [3.63, 3.8) is 0 Å². The monoisotopic (exact) mass is 336 g/mol. The summed E-state index contributed by atoms with van der Waals surface area (Å²) in [7, 11) is 1.00. The van der Waals surface area contributed by atoms with Crippen LogP contribution in [0.15, 0.2) is 29.8 Å². The third-order valence-electron chi connectivity index (χ3n) is 2.80. The molecule has 0 radical (unpaired) electrons. The van der Waals surface area contributed by atoms with Crippen LogP contribution in [0.3, 0.4) is 0 Å². The van der Waals surface area contributed by atoms with Crippen molar-refractivity contribution < 1.29 is 14.6 Å². The Bertz CT molecular complexity index is 616. The number of alkyl carbamates (subject to hydrolysis) is 1. The SMILES string of the molecule is CO.Cc1ncsc1-c1ccc(CNC(=O)OC(C)(C)C)cc1. The van der Waals surface area contributed by atoms with E-state index in [-0.39, 0.29) is 0 Å². The molecule has 0 aliphatic rings. The van der Waals surface area contributed by atoms with Gasteiger partial charge in [-0.3, -0.25) is 0 Å². The molecule has 1 heterocycles. The predicted molar refractivity (Wildman–Crippen MR) is 93.5 cm³/mol. The molecule has 0 bridgehead atoms. The summed E-state index contributed by atoms with van der Waals surface area (Å²) in [6.07, 6.45) is -0.398. The number of aliphatic hydroxyl groups is 1. The summed E-state index contributed by atoms with van der Waals surface area (Å²) < 4.78 is 5.20. The van der Waals surface area contributed by atoms with E-state index < -0.39 is 11.7 Å². The van der Waals surface area contributed by atoms with Crippen LogP contribution in [0.5, 0.6) is 0 Å². The summed E-state index contributed by atoms with van der Waals surface area (Å²) in [5.41, 5.74) is 4.60. The van der Waals surface area contributed by atoms with E-state index in [9.17, 15) is 4.79 Å². The van der Waals surface area contributed by atoms with Crippen LogP contribution < -0.4 is 5.32 Å². The molecule has 23 heavy (non-hydrogen) atoms. The number of aryl methyl sites for hydroxylation is 1. The van der Waals surface area contributed by atoms with E-state index in [4.69, 9.17) is 9.84 Å². The molecule has 6 heteroatoms. The van der Waals surface area contributed by atoms with Crippen LogP contribution in [0.4, 0.5) is 4.79 Å². The Morgan fingerprint density at radius 3 is 2.35 bits per heavy atom. The number of rotatable bonds is 3. The Kier molecular flexibility index (Phi) is 7.19. The fourth-order valence-electron chi connectivity index (χ4n) is 1.84. The molecule has 2 aromatic rings. The Balaban J connectivity index is 0.00000127. The lowest BCUT2D eigenvalue weighted by molar-refractivity contribution is 0.0523. The normalized spacial score (nSPS) is 10.5. The Labute approximate surface area is 141 Å². The second-order valence-electron chi connectivity index (χ2n) is 5.82. The van der Waals surface area contributed by atoms with Crippen molar-refractivity contribution in [2.45, 2.75) is 39.8 Å². The lowest BCUT2D eigenvalue weighted by Gasteiger charge is -2.19. The van der Waals surface area contributed by atoms with E-state index in [1.165, 1.54) is 4.88 Å². The summed E-state index contributed by atoms with van der Waals surface area (Å²) in [6, 6.07) is 8.11. The van der Waals surface area contributed by atoms with E-state index in [1.807, 2.05) is 57.5 Å². The number of hydrogen-bond donors (Lipinski definition) is 2. The minimum absolute atomic E-state index is 0.398. The summed E-state index contributed by atoms with van der Waals surface area (Å²) in [6.45, 7) is 8.00. The molecule has 0 aliphatic carbocycles. The predicted octanol–water partition coefficient (Wildman–Crippen LogP) is 3.75. The maximum atomic E-state index is 11.6. The van der Waals surface area contributed by atoms with E-state index in [0.717, 1.165) is 23.9 Å². The molecule has 1 aromatic carbocycles. The van der Waals surface area contributed by atoms with Gasteiger partial charge in [0.25, 0.3) is 0 Å². The molecule has 2 N–H and O–H groups in total. The van der Waals surface area contributed by atoms with Gasteiger partial charge in [-0.1, -0.05) is 24.3 Å². The summed E-state index contributed by atoms with van der Waals surface area (Å²) >= 11 is 1.63. The number of ether oxygens (including phenoxy) is 1. The fraction of sp³-hybridized carbons (Fsp3) is 0.412. The molecule has 2 rings (SSSR count). The van der Waals surface area contributed by atoms with Crippen molar-refractivity contribution in [1.82, 2.24) is 10.3 Å². The van der Waals surface area contributed by atoms with Crippen LogP contribution in [-0.2, 0) is 11.3 Å². The zero-order valence-electron chi connectivity index (χ0n) is 14.2. The molecule has 126 valence electrons. The highest BCUT2D eigenvalue weighted by molar-refractivity contribution is 7.13. The first kappa shape index (κ1) is 19.1. The molecule has 0 saturated heterocycles. The van der Waals surface area contributed by atoms with Gasteiger partial charge in [-0.25, -0.2) is 9.78 Å². The number of aromatic nitrogens is 1. The van der Waals surface area contributed by atoms with Crippen molar-refractivity contribution in [3.05, 3.63) is 41.0 Å². The van der Waals surface area contributed by atoms with Crippen molar-refractivity contribution in [2.24, 2.45) is 0 Å². The molecule has 0 saturated carbocycles.